The highest BCUT2D eigenvalue weighted by atomic mass is 16.5. The van der Waals surface area contributed by atoms with Crippen molar-refractivity contribution in [2.45, 2.75) is 52.2 Å². The molecule has 112 valence electrons. The van der Waals surface area contributed by atoms with Crippen LogP contribution in [0.5, 0.6) is 0 Å². The first kappa shape index (κ1) is 15.0. The molecule has 0 spiro atoms. The summed E-state index contributed by atoms with van der Waals surface area (Å²) in [4.78, 5) is 8.97. The summed E-state index contributed by atoms with van der Waals surface area (Å²) in [6.07, 6.45) is 5.15. The van der Waals surface area contributed by atoms with E-state index in [1.807, 2.05) is 6.07 Å². The maximum Gasteiger partial charge on any atom is 0.158 e. The van der Waals surface area contributed by atoms with E-state index in [9.17, 15) is 0 Å². The fourth-order valence-corrected chi connectivity index (χ4v) is 2.33. The molecule has 5 heteroatoms. The molecule has 5 nitrogen and oxygen atoms in total. The van der Waals surface area contributed by atoms with E-state index in [2.05, 4.69) is 34.4 Å². The van der Waals surface area contributed by atoms with Crippen LogP contribution < -0.4 is 10.6 Å². The third-order valence-corrected chi connectivity index (χ3v) is 3.56. The second kappa shape index (κ2) is 7.43. The molecule has 0 saturated heterocycles. The Labute approximate surface area is 121 Å². The topological polar surface area (TPSA) is 59.1 Å². The fourth-order valence-electron chi connectivity index (χ4n) is 2.33. The largest absolute Gasteiger partial charge is 0.377 e. The predicted molar refractivity (Wildman–Crippen MR) is 82.0 cm³/mol. The number of rotatable bonds is 9. The molecule has 1 aliphatic rings. The highest BCUT2D eigenvalue weighted by molar-refractivity contribution is 5.48. The van der Waals surface area contributed by atoms with Gasteiger partial charge in [0.2, 0.25) is 0 Å². The van der Waals surface area contributed by atoms with E-state index < -0.39 is 0 Å². The van der Waals surface area contributed by atoms with Gasteiger partial charge in [-0.05, 0) is 25.7 Å². The van der Waals surface area contributed by atoms with Gasteiger partial charge in [-0.1, -0.05) is 19.8 Å². The van der Waals surface area contributed by atoms with Crippen molar-refractivity contribution in [2.24, 2.45) is 5.92 Å². The lowest BCUT2D eigenvalue weighted by molar-refractivity contribution is 0.178. The number of ether oxygens (including phenoxy) is 1. The van der Waals surface area contributed by atoms with E-state index in [0.717, 1.165) is 36.3 Å². The summed E-state index contributed by atoms with van der Waals surface area (Å²) in [5.41, 5.74) is 0. The molecule has 0 aliphatic heterocycles. The lowest BCUT2D eigenvalue weighted by atomic mass is 10.1. The van der Waals surface area contributed by atoms with Crippen molar-refractivity contribution in [3.8, 4) is 0 Å². The van der Waals surface area contributed by atoms with Crippen LogP contribution in [0, 0.1) is 5.92 Å². The molecule has 1 aromatic rings. The van der Waals surface area contributed by atoms with Gasteiger partial charge < -0.3 is 15.4 Å². The van der Waals surface area contributed by atoms with Crippen LogP contribution in [-0.2, 0) is 11.3 Å². The number of anilines is 2. The predicted octanol–water partition coefficient (Wildman–Crippen LogP) is 3.05. The van der Waals surface area contributed by atoms with Crippen molar-refractivity contribution >= 4 is 11.6 Å². The minimum Gasteiger partial charge on any atom is -0.377 e. The van der Waals surface area contributed by atoms with Gasteiger partial charge >= 0.3 is 0 Å². The molecule has 1 aliphatic carbocycles. The van der Waals surface area contributed by atoms with Gasteiger partial charge in [0.05, 0.1) is 0 Å². The molecule has 0 amide bonds. The van der Waals surface area contributed by atoms with Crippen LogP contribution in [0.4, 0.5) is 11.6 Å². The monoisotopic (exact) mass is 278 g/mol. The Morgan fingerprint density at radius 1 is 1.30 bits per heavy atom. The quantitative estimate of drug-likeness (QED) is 0.727. The number of hydrogen-bond donors (Lipinski definition) is 2. The molecule has 0 aromatic carbocycles. The highest BCUT2D eigenvalue weighted by Gasteiger charge is 2.24. The Kier molecular flexibility index (Phi) is 5.59. The van der Waals surface area contributed by atoms with Crippen molar-refractivity contribution in [3.63, 3.8) is 0 Å². The first-order chi connectivity index (χ1) is 9.75. The smallest absolute Gasteiger partial charge is 0.158 e. The molecule has 0 bridgehead atoms. The van der Waals surface area contributed by atoms with Crippen LogP contribution in [0.3, 0.4) is 0 Å². The SMILES string of the molecule is CCNc1cc(NC(CC)CC2CC2)nc(COC)n1. The average Bonchev–Trinajstić information content (AvgIpc) is 3.22. The van der Waals surface area contributed by atoms with Crippen LogP contribution in [0.25, 0.3) is 0 Å². The number of aromatic nitrogens is 2. The van der Waals surface area contributed by atoms with Crippen molar-refractivity contribution in [1.82, 2.24) is 9.97 Å². The Morgan fingerprint density at radius 3 is 2.65 bits per heavy atom. The van der Waals surface area contributed by atoms with Crippen LogP contribution in [0.15, 0.2) is 6.07 Å². The number of hydrogen-bond acceptors (Lipinski definition) is 5. The summed E-state index contributed by atoms with van der Waals surface area (Å²) < 4.78 is 5.14. The number of nitrogens with zero attached hydrogens (tertiary/aromatic N) is 2. The Hall–Kier alpha value is -1.36. The molecule has 1 fully saturated rings. The lowest BCUT2D eigenvalue weighted by Crippen LogP contribution is -2.20. The second-order valence-corrected chi connectivity index (χ2v) is 5.45. The Bertz CT molecular complexity index is 396. The molecular weight excluding hydrogens is 252 g/mol. The van der Waals surface area contributed by atoms with Gasteiger partial charge in [-0.25, -0.2) is 9.97 Å². The molecule has 0 radical (unpaired) electrons. The summed E-state index contributed by atoms with van der Waals surface area (Å²) in [6, 6.07) is 2.49. The third kappa shape index (κ3) is 4.63. The van der Waals surface area contributed by atoms with E-state index in [1.165, 1.54) is 19.3 Å². The maximum absolute atomic E-state index is 5.14. The summed E-state index contributed by atoms with van der Waals surface area (Å²) in [5, 5.41) is 6.80. The molecule has 2 N–H and O–H groups in total. The van der Waals surface area contributed by atoms with Gasteiger partial charge in [-0.15, -0.1) is 0 Å². The average molecular weight is 278 g/mol. The van der Waals surface area contributed by atoms with E-state index in [-0.39, 0.29) is 0 Å². The zero-order valence-corrected chi connectivity index (χ0v) is 12.8. The van der Waals surface area contributed by atoms with Crippen molar-refractivity contribution in [1.29, 1.82) is 0 Å². The molecule has 20 heavy (non-hydrogen) atoms. The normalized spacial score (nSPS) is 15.9. The summed E-state index contributed by atoms with van der Waals surface area (Å²) >= 11 is 0. The maximum atomic E-state index is 5.14. The van der Waals surface area contributed by atoms with Crippen LogP contribution in [0.1, 0.15) is 45.4 Å². The van der Waals surface area contributed by atoms with Crippen LogP contribution >= 0.6 is 0 Å². The summed E-state index contributed by atoms with van der Waals surface area (Å²) in [6.45, 7) is 5.57. The third-order valence-electron chi connectivity index (χ3n) is 3.56. The summed E-state index contributed by atoms with van der Waals surface area (Å²) in [5.74, 6) is 3.39. The minimum atomic E-state index is 0.438. The second-order valence-electron chi connectivity index (χ2n) is 5.45. The zero-order valence-electron chi connectivity index (χ0n) is 12.8. The molecule has 1 unspecified atom stereocenters. The molecular formula is C15H26N4O. The summed E-state index contributed by atoms with van der Waals surface area (Å²) in [7, 11) is 1.67. The van der Waals surface area contributed by atoms with Gasteiger partial charge in [0.15, 0.2) is 5.82 Å². The minimum absolute atomic E-state index is 0.438. The Morgan fingerprint density at radius 2 is 2.05 bits per heavy atom. The molecule has 1 saturated carbocycles. The standard InChI is InChI=1S/C15H26N4O/c1-4-12(8-11-6-7-11)17-14-9-13(16-5-2)18-15(19-14)10-20-3/h9,11-12H,4-8,10H2,1-3H3,(H2,16,17,18,19). The van der Waals surface area contributed by atoms with Crippen molar-refractivity contribution < 1.29 is 4.74 Å². The first-order valence-electron chi connectivity index (χ1n) is 7.62. The molecule has 1 atom stereocenters. The van der Waals surface area contributed by atoms with E-state index in [4.69, 9.17) is 4.74 Å². The van der Waals surface area contributed by atoms with E-state index in [0.29, 0.717) is 12.6 Å². The number of methoxy groups -OCH3 is 1. The zero-order chi connectivity index (χ0) is 14.4. The van der Waals surface area contributed by atoms with Gasteiger partial charge in [0.1, 0.15) is 18.2 Å². The van der Waals surface area contributed by atoms with Crippen LogP contribution in [-0.4, -0.2) is 29.7 Å². The lowest BCUT2D eigenvalue weighted by Gasteiger charge is -2.18. The molecule has 1 aromatic heterocycles. The first-order valence-corrected chi connectivity index (χ1v) is 7.62. The van der Waals surface area contributed by atoms with Gasteiger partial charge in [0, 0.05) is 25.8 Å². The highest BCUT2D eigenvalue weighted by Crippen LogP contribution is 2.34. The fraction of sp³-hybridized carbons (Fsp3) is 0.733. The van der Waals surface area contributed by atoms with Crippen molar-refractivity contribution in [3.05, 3.63) is 11.9 Å². The molecule has 2 rings (SSSR count). The van der Waals surface area contributed by atoms with E-state index >= 15 is 0 Å². The van der Waals surface area contributed by atoms with Gasteiger partial charge in [0.25, 0.3) is 0 Å². The van der Waals surface area contributed by atoms with Crippen LogP contribution in [0.2, 0.25) is 0 Å². The molecule has 1 heterocycles. The van der Waals surface area contributed by atoms with E-state index in [1.54, 1.807) is 7.11 Å². The van der Waals surface area contributed by atoms with Gasteiger partial charge in [-0.3, -0.25) is 0 Å². The van der Waals surface area contributed by atoms with Crippen molar-refractivity contribution in [2.75, 3.05) is 24.3 Å². The Balaban J connectivity index is 2.06. The number of nitrogens with one attached hydrogen (secondary N) is 2. The van der Waals surface area contributed by atoms with Gasteiger partial charge in [-0.2, -0.15) is 0 Å².